The number of alkyl halides is 5. The van der Waals surface area contributed by atoms with E-state index in [1.54, 1.807) is 0 Å². The highest BCUT2D eigenvalue weighted by Gasteiger charge is 2.40. The third-order valence-electron chi connectivity index (χ3n) is 1.76. The van der Waals surface area contributed by atoms with Crippen LogP contribution in [-0.4, -0.2) is 16.1 Å². The maximum absolute atomic E-state index is 12.5. The molecule has 1 aromatic heterocycles. The van der Waals surface area contributed by atoms with Crippen LogP contribution in [0.5, 0.6) is 0 Å². The molecule has 0 fully saturated rings. The third kappa shape index (κ3) is 2.63. The predicted octanol–water partition coefficient (Wildman–Crippen LogP) is 3.39. The van der Waals surface area contributed by atoms with Crippen molar-refractivity contribution in [1.82, 2.24) is 4.98 Å². The summed E-state index contributed by atoms with van der Waals surface area (Å²) >= 11 is 5.13. The van der Waals surface area contributed by atoms with Gasteiger partial charge < -0.3 is 5.11 Å². The Morgan fingerprint density at radius 3 is 2.29 bits per heavy atom. The van der Waals surface area contributed by atoms with Crippen molar-refractivity contribution in [3.05, 3.63) is 28.0 Å². The fourth-order valence-electron chi connectivity index (χ4n) is 1.08. The normalized spacial score (nSPS) is 11.9. The number of aromatic nitrogens is 1. The van der Waals surface area contributed by atoms with Gasteiger partial charge in [0.25, 0.3) is 6.43 Å². The van der Waals surface area contributed by atoms with E-state index in [2.05, 4.69) is 4.98 Å². The first kappa shape index (κ1) is 13.6. The number of hydrogen-bond donors (Lipinski definition) is 1. The van der Waals surface area contributed by atoms with Crippen LogP contribution in [-0.2, 0) is 6.18 Å². The van der Waals surface area contributed by atoms with Crippen molar-refractivity contribution in [3.63, 3.8) is 0 Å². The summed E-state index contributed by atoms with van der Waals surface area (Å²) in [4.78, 5) is 13.3. The summed E-state index contributed by atoms with van der Waals surface area (Å²) in [7, 11) is 0. The molecule has 0 saturated carbocycles. The van der Waals surface area contributed by atoms with Gasteiger partial charge in [-0.2, -0.15) is 13.2 Å². The third-order valence-corrected chi connectivity index (χ3v) is 2.17. The number of carboxylic acid groups (broad SMARTS) is 1. The van der Waals surface area contributed by atoms with E-state index in [1.807, 2.05) is 0 Å². The first-order chi connectivity index (χ1) is 7.66. The molecule has 0 aliphatic rings. The molecule has 94 valence electrons. The Morgan fingerprint density at radius 1 is 1.41 bits per heavy atom. The largest absolute Gasteiger partial charge is 0.476 e. The summed E-state index contributed by atoms with van der Waals surface area (Å²) in [5.41, 5.74) is -4.44. The molecule has 1 N–H and O–H groups in total. The van der Waals surface area contributed by atoms with E-state index in [-0.39, 0.29) is 0 Å². The van der Waals surface area contributed by atoms with E-state index in [0.29, 0.717) is 6.20 Å². The summed E-state index contributed by atoms with van der Waals surface area (Å²) in [6.45, 7) is 0. The first-order valence-corrected chi connectivity index (χ1v) is 4.31. The SMILES string of the molecule is O=C(O)c1ncc(C(F)F)c(Cl)c1C(F)(F)F. The summed E-state index contributed by atoms with van der Waals surface area (Å²) in [5, 5.41) is 7.13. The maximum atomic E-state index is 12.5. The lowest BCUT2D eigenvalue weighted by Crippen LogP contribution is -2.16. The number of hydrogen-bond acceptors (Lipinski definition) is 2. The molecular weight excluding hydrogens is 273 g/mol. The topological polar surface area (TPSA) is 50.2 Å². The molecule has 0 unspecified atom stereocenters. The minimum Gasteiger partial charge on any atom is -0.476 e. The van der Waals surface area contributed by atoms with Crippen LogP contribution < -0.4 is 0 Å². The minimum absolute atomic E-state index is 0.311. The van der Waals surface area contributed by atoms with Gasteiger partial charge in [-0.05, 0) is 0 Å². The van der Waals surface area contributed by atoms with Gasteiger partial charge in [0.2, 0.25) is 0 Å². The van der Waals surface area contributed by atoms with Crippen molar-refractivity contribution in [2.24, 2.45) is 0 Å². The average molecular weight is 276 g/mol. The van der Waals surface area contributed by atoms with Crippen molar-refractivity contribution in [1.29, 1.82) is 0 Å². The monoisotopic (exact) mass is 275 g/mol. The number of pyridine rings is 1. The van der Waals surface area contributed by atoms with Gasteiger partial charge in [-0.25, -0.2) is 18.6 Å². The molecule has 0 radical (unpaired) electrons. The molecule has 0 atom stereocenters. The zero-order valence-electron chi connectivity index (χ0n) is 7.73. The van der Waals surface area contributed by atoms with Crippen LogP contribution in [0, 0.1) is 0 Å². The summed E-state index contributed by atoms with van der Waals surface area (Å²) < 4.78 is 62.0. The van der Waals surface area contributed by atoms with E-state index < -0.39 is 40.4 Å². The molecule has 0 bridgehead atoms. The van der Waals surface area contributed by atoms with Gasteiger partial charge in [-0.3, -0.25) is 0 Å². The molecule has 0 spiro atoms. The van der Waals surface area contributed by atoms with Crippen LogP contribution in [0.2, 0.25) is 5.02 Å². The molecule has 1 rings (SSSR count). The Bertz CT molecular complexity index is 460. The summed E-state index contributed by atoms with van der Waals surface area (Å²) in [5.74, 6) is -2.00. The molecule has 0 aliphatic heterocycles. The first-order valence-electron chi connectivity index (χ1n) is 3.93. The molecule has 0 aromatic carbocycles. The standard InChI is InChI=1S/C8H3ClF5NO2/c9-4-2(6(10)11)1-15-5(7(16)17)3(4)8(12,13)14/h1,6H,(H,16,17). The van der Waals surface area contributed by atoms with Crippen LogP contribution in [0.4, 0.5) is 22.0 Å². The lowest BCUT2D eigenvalue weighted by molar-refractivity contribution is -0.138. The molecule has 0 aliphatic carbocycles. The fraction of sp³-hybridized carbons (Fsp3) is 0.250. The van der Waals surface area contributed by atoms with Crippen LogP contribution in [0.3, 0.4) is 0 Å². The number of aromatic carboxylic acids is 1. The van der Waals surface area contributed by atoms with Crippen LogP contribution in [0.15, 0.2) is 6.20 Å². The molecule has 0 amide bonds. The highest BCUT2D eigenvalue weighted by Crippen LogP contribution is 2.40. The Labute approximate surface area is 95.8 Å². The van der Waals surface area contributed by atoms with Crippen molar-refractivity contribution in [3.8, 4) is 0 Å². The van der Waals surface area contributed by atoms with Gasteiger partial charge >= 0.3 is 12.1 Å². The smallest absolute Gasteiger partial charge is 0.420 e. The van der Waals surface area contributed by atoms with E-state index in [4.69, 9.17) is 16.7 Å². The number of halogens is 6. The lowest BCUT2D eigenvalue weighted by atomic mass is 10.1. The van der Waals surface area contributed by atoms with Crippen molar-refractivity contribution >= 4 is 17.6 Å². The van der Waals surface area contributed by atoms with Crippen LogP contribution >= 0.6 is 11.6 Å². The Kier molecular flexibility index (Phi) is 3.56. The molecule has 17 heavy (non-hydrogen) atoms. The molecule has 1 heterocycles. The number of carbonyl (C=O) groups is 1. The Morgan fingerprint density at radius 2 is 1.94 bits per heavy atom. The minimum atomic E-state index is -5.18. The highest BCUT2D eigenvalue weighted by molar-refractivity contribution is 6.32. The Balaban J connectivity index is 3.60. The maximum Gasteiger partial charge on any atom is 0.420 e. The number of nitrogens with zero attached hydrogens (tertiary/aromatic N) is 1. The van der Waals surface area contributed by atoms with Gasteiger partial charge in [0.05, 0.1) is 10.6 Å². The summed E-state index contributed by atoms with van der Waals surface area (Å²) in [6, 6.07) is 0. The molecule has 1 aromatic rings. The van der Waals surface area contributed by atoms with Gasteiger partial charge in [-0.1, -0.05) is 11.6 Å². The van der Waals surface area contributed by atoms with Crippen molar-refractivity contribution in [2.75, 3.05) is 0 Å². The zero-order valence-corrected chi connectivity index (χ0v) is 8.48. The van der Waals surface area contributed by atoms with E-state index in [0.717, 1.165) is 0 Å². The predicted molar refractivity (Wildman–Crippen MR) is 46.2 cm³/mol. The van der Waals surface area contributed by atoms with Gasteiger partial charge in [0.15, 0.2) is 5.69 Å². The highest BCUT2D eigenvalue weighted by atomic mass is 35.5. The fourth-order valence-corrected chi connectivity index (χ4v) is 1.40. The van der Waals surface area contributed by atoms with Crippen molar-refractivity contribution < 1.29 is 31.9 Å². The molecule has 9 heteroatoms. The zero-order chi connectivity index (χ0) is 13.4. The second-order valence-corrected chi connectivity index (χ2v) is 3.23. The van der Waals surface area contributed by atoms with E-state index >= 15 is 0 Å². The Hall–Kier alpha value is -1.44. The van der Waals surface area contributed by atoms with E-state index in [1.165, 1.54) is 0 Å². The lowest BCUT2D eigenvalue weighted by Gasteiger charge is -2.13. The number of rotatable bonds is 2. The van der Waals surface area contributed by atoms with Crippen molar-refractivity contribution in [2.45, 2.75) is 12.6 Å². The second-order valence-electron chi connectivity index (χ2n) is 2.85. The quantitative estimate of drug-likeness (QED) is 0.842. The van der Waals surface area contributed by atoms with Gasteiger partial charge in [0.1, 0.15) is 5.56 Å². The second kappa shape index (κ2) is 4.44. The molecule has 0 saturated heterocycles. The van der Waals surface area contributed by atoms with Crippen LogP contribution in [0.1, 0.15) is 28.0 Å². The van der Waals surface area contributed by atoms with Gasteiger partial charge in [0, 0.05) is 6.20 Å². The summed E-state index contributed by atoms with van der Waals surface area (Å²) in [6.07, 6.45) is -8.15. The van der Waals surface area contributed by atoms with E-state index in [9.17, 15) is 26.7 Å². The van der Waals surface area contributed by atoms with Crippen LogP contribution in [0.25, 0.3) is 0 Å². The van der Waals surface area contributed by atoms with Gasteiger partial charge in [-0.15, -0.1) is 0 Å². The molecular formula is C8H3ClF5NO2. The number of carboxylic acids is 1. The average Bonchev–Trinajstić information content (AvgIpc) is 2.14. The molecule has 3 nitrogen and oxygen atoms in total.